The summed E-state index contributed by atoms with van der Waals surface area (Å²) in [6, 6.07) is 0. The second-order valence-electron chi connectivity index (χ2n) is 14.0. The molecule has 198 valence electrons. The van der Waals surface area contributed by atoms with E-state index in [2.05, 4.69) is 105 Å². The van der Waals surface area contributed by atoms with Crippen LogP contribution in [0.5, 0.6) is 0 Å². The number of carbonyl (C=O) groups is 1. The number of ketones is 1. The molecule has 2 aliphatic rings. The molecule has 0 radical (unpaired) electrons. The molecule has 0 aromatic heterocycles. The van der Waals surface area contributed by atoms with Crippen molar-refractivity contribution in [1.29, 1.82) is 0 Å². The van der Waals surface area contributed by atoms with Gasteiger partial charge in [0.15, 0.2) is 16.6 Å². The molecule has 3 nitrogen and oxygen atoms in total. The van der Waals surface area contributed by atoms with E-state index in [0.29, 0.717) is 30.5 Å². The molecule has 2 aliphatic carbocycles. The molecule has 6 atom stereocenters. The van der Waals surface area contributed by atoms with Gasteiger partial charge in [0, 0.05) is 37.5 Å². The van der Waals surface area contributed by atoms with Crippen LogP contribution in [0.4, 0.5) is 0 Å². The quantitative estimate of drug-likeness (QED) is 0.266. The fraction of sp³-hybridized carbons (Fsp3) is 0.833. The van der Waals surface area contributed by atoms with E-state index in [-0.39, 0.29) is 34.1 Å². The molecule has 0 bridgehead atoms. The largest absolute Gasteiger partial charge is 0.413 e. The van der Waals surface area contributed by atoms with E-state index < -0.39 is 16.6 Å². The van der Waals surface area contributed by atoms with Crippen LogP contribution in [0.25, 0.3) is 0 Å². The molecule has 2 rings (SSSR count). The first-order valence-electron chi connectivity index (χ1n) is 13.7. The smallest absolute Gasteiger partial charge is 0.193 e. The van der Waals surface area contributed by atoms with Crippen molar-refractivity contribution in [2.45, 2.75) is 136 Å². The molecule has 5 heteroatoms. The molecule has 0 spiro atoms. The molecule has 0 aromatic carbocycles. The minimum absolute atomic E-state index is 0.111. The first-order valence-corrected chi connectivity index (χ1v) is 19.6. The van der Waals surface area contributed by atoms with E-state index in [9.17, 15) is 4.79 Å². The molecular weight excluding hydrogens is 464 g/mol. The highest BCUT2D eigenvalue weighted by molar-refractivity contribution is 6.74. The number of fused-ring (bicyclic) bond motifs is 1. The summed E-state index contributed by atoms with van der Waals surface area (Å²) >= 11 is 0. The zero-order valence-corrected chi connectivity index (χ0v) is 26.7. The predicted molar refractivity (Wildman–Crippen MR) is 153 cm³/mol. The first-order chi connectivity index (χ1) is 15.9. The van der Waals surface area contributed by atoms with Crippen molar-refractivity contribution >= 4 is 22.4 Å². The van der Waals surface area contributed by atoms with Crippen LogP contribution in [-0.4, -0.2) is 34.6 Å². The van der Waals surface area contributed by atoms with Gasteiger partial charge in [0.05, 0.1) is 6.10 Å². The zero-order valence-electron chi connectivity index (χ0n) is 24.7. The van der Waals surface area contributed by atoms with Gasteiger partial charge in [-0.15, -0.1) is 11.8 Å². The lowest BCUT2D eigenvalue weighted by Gasteiger charge is -2.40. The van der Waals surface area contributed by atoms with Gasteiger partial charge in [0.2, 0.25) is 0 Å². The van der Waals surface area contributed by atoms with Gasteiger partial charge in [-0.2, -0.15) is 0 Å². The van der Waals surface area contributed by atoms with Gasteiger partial charge in [-0.1, -0.05) is 67.2 Å². The Kier molecular flexibility index (Phi) is 9.77. The maximum atomic E-state index is 12.3. The predicted octanol–water partition coefficient (Wildman–Crippen LogP) is 7.83. The molecule has 0 amide bonds. The molecule has 0 aromatic rings. The molecule has 0 N–H and O–H groups in total. The molecular formula is C30H52O3Si2. The van der Waals surface area contributed by atoms with Crippen molar-refractivity contribution in [3.05, 3.63) is 0 Å². The Labute approximate surface area is 219 Å². The Bertz CT molecular complexity index is 870. The summed E-state index contributed by atoms with van der Waals surface area (Å²) < 4.78 is 13.8. The molecule has 0 heterocycles. The molecule has 2 fully saturated rings. The van der Waals surface area contributed by atoms with Crippen LogP contribution in [0.2, 0.25) is 36.3 Å². The summed E-state index contributed by atoms with van der Waals surface area (Å²) in [5, 5.41) is 0.269. The van der Waals surface area contributed by atoms with Crippen molar-refractivity contribution in [2.24, 2.45) is 23.7 Å². The maximum Gasteiger partial charge on any atom is 0.193 e. The highest BCUT2D eigenvalue weighted by Crippen LogP contribution is 2.50. The van der Waals surface area contributed by atoms with Crippen molar-refractivity contribution < 1.29 is 13.6 Å². The standard InChI is InChI=1S/C30H52O3Si2/c1-13-14-15-16-22(2)27(32-34(9,10)29(3,4)5)18-17-25-26-21-24(31)19-23(26)20-28(25)33-35(11,12)30(6,7)8/h22-23,25-28H,13,16,19-21H2,1-12H3/t22-,23?,25+,26-,27+,28+/m0/s1. The van der Waals surface area contributed by atoms with Crippen molar-refractivity contribution in [3.8, 4) is 23.7 Å². The van der Waals surface area contributed by atoms with E-state index in [4.69, 9.17) is 8.85 Å². The Morgan fingerprint density at radius 2 is 1.57 bits per heavy atom. The number of carbonyl (C=O) groups excluding carboxylic acids is 1. The van der Waals surface area contributed by atoms with Crippen LogP contribution in [0.1, 0.15) is 87.5 Å². The van der Waals surface area contributed by atoms with Gasteiger partial charge in [0.1, 0.15) is 11.9 Å². The lowest BCUT2D eigenvalue weighted by molar-refractivity contribution is -0.118. The topological polar surface area (TPSA) is 35.5 Å². The highest BCUT2D eigenvalue weighted by Gasteiger charge is 2.51. The monoisotopic (exact) mass is 516 g/mol. The summed E-state index contributed by atoms with van der Waals surface area (Å²) in [7, 11) is -3.94. The number of hydrogen-bond acceptors (Lipinski definition) is 3. The van der Waals surface area contributed by atoms with E-state index in [1.165, 1.54) is 0 Å². The fourth-order valence-corrected chi connectivity index (χ4v) is 7.29. The lowest BCUT2D eigenvalue weighted by Crippen LogP contribution is -2.45. The van der Waals surface area contributed by atoms with Gasteiger partial charge < -0.3 is 8.85 Å². The Morgan fingerprint density at radius 1 is 0.971 bits per heavy atom. The van der Waals surface area contributed by atoms with Gasteiger partial charge in [-0.3, -0.25) is 4.79 Å². The number of hydrogen-bond donors (Lipinski definition) is 0. The third-order valence-electron chi connectivity index (χ3n) is 9.07. The van der Waals surface area contributed by atoms with Gasteiger partial charge in [-0.05, 0) is 54.5 Å². The zero-order chi connectivity index (χ0) is 26.8. The van der Waals surface area contributed by atoms with E-state index in [1.807, 2.05) is 0 Å². The van der Waals surface area contributed by atoms with Crippen molar-refractivity contribution in [1.82, 2.24) is 0 Å². The Hall–Kier alpha value is -0.856. The molecule has 0 aliphatic heterocycles. The maximum absolute atomic E-state index is 12.3. The second-order valence-corrected chi connectivity index (χ2v) is 23.5. The molecule has 1 unspecified atom stereocenters. The van der Waals surface area contributed by atoms with Crippen LogP contribution >= 0.6 is 0 Å². The van der Waals surface area contributed by atoms with Gasteiger partial charge in [-0.25, -0.2) is 0 Å². The first kappa shape index (κ1) is 30.4. The lowest BCUT2D eigenvalue weighted by atomic mass is 9.91. The molecule has 0 saturated heterocycles. The van der Waals surface area contributed by atoms with Gasteiger partial charge in [0.25, 0.3) is 0 Å². The van der Waals surface area contributed by atoms with Crippen molar-refractivity contribution in [2.75, 3.05) is 0 Å². The summed E-state index contributed by atoms with van der Waals surface area (Å²) in [5.41, 5.74) is 0. The third kappa shape index (κ3) is 7.58. The molecule has 2 saturated carbocycles. The van der Waals surface area contributed by atoms with E-state index in [0.717, 1.165) is 19.3 Å². The van der Waals surface area contributed by atoms with Crippen LogP contribution < -0.4 is 0 Å². The van der Waals surface area contributed by atoms with Crippen LogP contribution in [0, 0.1) is 47.4 Å². The van der Waals surface area contributed by atoms with Crippen molar-refractivity contribution in [3.63, 3.8) is 0 Å². The summed E-state index contributed by atoms with van der Waals surface area (Å²) in [4.78, 5) is 12.3. The Balaban J connectivity index is 2.39. The normalized spacial score (nSPS) is 26.9. The Morgan fingerprint density at radius 3 is 2.11 bits per heavy atom. The highest BCUT2D eigenvalue weighted by atomic mass is 28.4. The minimum Gasteiger partial charge on any atom is -0.413 e. The average molecular weight is 517 g/mol. The summed E-state index contributed by atoms with van der Waals surface area (Å²) in [6.07, 6.45) is 3.97. The SMILES string of the molecule is CCC#CC[C@H](C)[C@@H](C#C[C@H]1[C@H](O[Si](C)(C)C(C)(C)C)CC2CC(=O)C[C@@H]21)O[Si](C)(C)C(C)(C)C. The third-order valence-corrected chi connectivity index (χ3v) is 18.0. The van der Waals surface area contributed by atoms with E-state index in [1.54, 1.807) is 0 Å². The fourth-order valence-electron chi connectivity index (χ4n) is 4.66. The number of rotatable bonds is 6. The van der Waals surface area contributed by atoms with E-state index >= 15 is 0 Å². The van der Waals surface area contributed by atoms with Gasteiger partial charge >= 0.3 is 0 Å². The van der Waals surface area contributed by atoms with Crippen LogP contribution in [0.3, 0.4) is 0 Å². The number of Topliss-reactive ketones (excluding diaryl/α,β-unsaturated/α-hetero) is 1. The second kappa shape index (κ2) is 11.3. The summed E-state index contributed by atoms with van der Waals surface area (Å²) in [5.74, 6) is 15.3. The average Bonchev–Trinajstić information content (AvgIpc) is 3.18. The van der Waals surface area contributed by atoms with Crippen LogP contribution in [-0.2, 0) is 13.6 Å². The minimum atomic E-state index is -2.00. The van der Waals surface area contributed by atoms with Crippen LogP contribution in [0.15, 0.2) is 0 Å². The molecule has 35 heavy (non-hydrogen) atoms. The summed E-state index contributed by atoms with van der Waals surface area (Å²) in [6.45, 7) is 27.3.